The summed E-state index contributed by atoms with van der Waals surface area (Å²) in [5.74, 6) is 0. The van der Waals surface area contributed by atoms with Gasteiger partial charge in [0, 0.05) is 0 Å². The Bertz CT molecular complexity index is 1120. The summed E-state index contributed by atoms with van der Waals surface area (Å²) in [6.45, 7) is 1.83. The van der Waals surface area contributed by atoms with Crippen LogP contribution < -0.4 is 4.72 Å². The number of hydrogen-bond donors (Lipinski definition) is 1. The summed E-state index contributed by atoms with van der Waals surface area (Å²) in [6, 6.07) is 18.1. The van der Waals surface area contributed by atoms with Crippen molar-refractivity contribution in [2.75, 3.05) is 4.72 Å². The minimum absolute atomic E-state index is 0.0287. The Hall–Kier alpha value is -3.06. The van der Waals surface area contributed by atoms with E-state index in [9.17, 15) is 21.6 Å². The first-order chi connectivity index (χ1) is 13.6. The van der Waals surface area contributed by atoms with Crippen molar-refractivity contribution in [3.05, 3.63) is 95.1 Å². The monoisotopic (exact) mass is 417 g/mol. The molecule has 0 aromatic heterocycles. The maximum atomic E-state index is 13.1. The van der Waals surface area contributed by atoms with Crippen LogP contribution in [0.2, 0.25) is 0 Å². The smallest absolute Gasteiger partial charge is 0.279 e. The van der Waals surface area contributed by atoms with Crippen LogP contribution in [0, 0.1) is 6.92 Å². The number of anilines is 1. The Kier molecular flexibility index (Phi) is 5.79. The predicted octanol–water partition coefficient (Wildman–Crippen LogP) is 5.99. The average molecular weight is 417 g/mol. The molecule has 3 rings (SSSR count). The molecule has 1 N–H and O–H groups in total. The Labute approximate surface area is 167 Å². The van der Waals surface area contributed by atoms with E-state index >= 15 is 0 Å². The van der Waals surface area contributed by atoms with E-state index in [4.69, 9.17) is 0 Å². The molecule has 0 aliphatic carbocycles. The fraction of sp³-hybridized carbons (Fsp3) is 0.0909. The third kappa shape index (κ3) is 5.26. The van der Waals surface area contributed by atoms with Crippen molar-refractivity contribution in [3.63, 3.8) is 0 Å². The molecule has 0 amide bonds. The number of nitrogens with one attached hydrogen (secondary N) is 1. The first kappa shape index (κ1) is 20.7. The lowest BCUT2D eigenvalue weighted by Gasteiger charge is -2.14. The Morgan fingerprint density at radius 2 is 1.52 bits per heavy atom. The molecule has 0 radical (unpaired) electrons. The molecular formula is C22H18F3NO2S. The molecule has 0 unspecified atom stereocenters. The van der Waals surface area contributed by atoms with Crippen LogP contribution in [0.3, 0.4) is 0 Å². The average Bonchev–Trinajstić information content (AvgIpc) is 2.67. The number of halogens is 3. The first-order valence-corrected chi connectivity index (χ1v) is 10.2. The van der Waals surface area contributed by atoms with Crippen molar-refractivity contribution >= 4 is 27.9 Å². The molecule has 3 aromatic carbocycles. The summed E-state index contributed by atoms with van der Waals surface area (Å²) in [5.41, 5.74) is 0.982. The van der Waals surface area contributed by atoms with Gasteiger partial charge < -0.3 is 0 Å². The first-order valence-electron chi connectivity index (χ1n) is 8.69. The van der Waals surface area contributed by atoms with Crippen molar-refractivity contribution in [1.29, 1.82) is 0 Å². The highest BCUT2D eigenvalue weighted by Gasteiger charge is 2.31. The number of hydrogen-bond acceptors (Lipinski definition) is 2. The van der Waals surface area contributed by atoms with Gasteiger partial charge in [0.2, 0.25) is 0 Å². The minimum Gasteiger partial charge on any atom is -0.279 e. The van der Waals surface area contributed by atoms with Crippen LogP contribution in [0.25, 0.3) is 12.2 Å². The molecule has 29 heavy (non-hydrogen) atoms. The minimum atomic E-state index is -4.54. The molecular weight excluding hydrogens is 399 g/mol. The number of alkyl halides is 3. The number of benzene rings is 3. The van der Waals surface area contributed by atoms with Gasteiger partial charge >= 0.3 is 6.18 Å². The molecule has 3 nitrogen and oxygen atoms in total. The van der Waals surface area contributed by atoms with Gasteiger partial charge in [-0.2, -0.15) is 13.2 Å². The largest absolute Gasteiger partial charge is 0.416 e. The maximum Gasteiger partial charge on any atom is 0.416 e. The van der Waals surface area contributed by atoms with Crippen molar-refractivity contribution in [3.8, 4) is 0 Å². The molecule has 0 saturated heterocycles. The summed E-state index contributed by atoms with van der Waals surface area (Å²) >= 11 is 0. The van der Waals surface area contributed by atoms with Gasteiger partial charge in [-0.15, -0.1) is 0 Å². The maximum absolute atomic E-state index is 13.1. The van der Waals surface area contributed by atoms with Crippen LogP contribution in [0.5, 0.6) is 0 Å². The van der Waals surface area contributed by atoms with Gasteiger partial charge in [-0.05, 0) is 48.4 Å². The molecule has 0 heterocycles. The lowest BCUT2D eigenvalue weighted by Crippen LogP contribution is -2.14. The Morgan fingerprint density at radius 3 is 2.14 bits per heavy atom. The Balaban J connectivity index is 2.01. The zero-order valence-corrected chi connectivity index (χ0v) is 16.3. The van der Waals surface area contributed by atoms with Crippen molar-refractivity contribution < 1.29 is 21.6 Å². The topological polar surface area (TPSA) is 46.2 Å². The van der Waals surface area contributed by atoms with E-state index in [1.165, 1.54) is 18.2 Å². The molecule has 0 spiro atoms. The highest BCUT2D eigenvalue weighted by Crippen LogP contribution is 2.33. The predicted molar refractivity (Wildman–Crippen MR) is 109 cm³/mol. The summed E-state index contributed by atoms with van der Waals surface area (Å²) in [5, 5.41) is 0. The van der Waals surface area contributed by atoms with Crippen LogP contribution in [0.1, 0.15) is 22.3 Å². The van der Waals surface area contributed by atoms with Crippen molar-refractivity contribution in [2.24, 2.45) is 0 Å². The lowest BCUT2D eigenvalue weighted by molar-refractivity contribution is -0.137. The van der Waals surface area contributed by atoms with Crippen molar-refractivity contribution in [1.82, 2.24) is 0 Å². The van der Waals surface area contributed by atoms with Gasteiger partial charge in [-0.3, -0.25) is 4.72 Å². The fourth-order valence-corrected chi connectivity index (χ4v) is 3.73. The summed E-state index contributed by atoms with van der Waals surface area (Å²) in [4.78, 5) is 0.0287. The molecule has 7 heteroatoms. The van der Waals surface area contributed by atoms with Gasteiger partial charge in [0.1, 0.15) is 0 Å². The second kappa shape index (κ2) is 8.13. The number of aryl methyl sites for hydroxylation is 1. The van der Waals surface area contributed by atoms with E-state index in [2.05, 4.69) is 4.72 Å². The third-order valence-electron chi connectivity index (χ3n) is 4.21. The van der Waals surface area contributed by atoms with Crippen LogP contribution >= 0.6 is 0 Å². The van der Waals surface area contributed by atoms with Gasteiger partial charge in [-0.1, -0.05) is 60.2 Å². The Morgan fingerprint density at radius 1 is 0.862 bits per heavy atom. The van der Waals surface area contributed by atoms with E-state index in [1.54, 1.807) is 42.5 Å². The van der Waals surface area contributed by atoms with E-state index < -0.39 is 21.8 Å². The van der Waals surface area contributed by atoms with Gasteiger partial charge in [-0.25, -0.2) is 8.42 Å². The SMILES string of the molecule is Cc1ccc(S(=O)(=O)Nc2ccc(C(F)(F)F)cc2/C=C/c2ccccc2)cc1. The van der Waals surface area contributed by atoms with Crippen LogP contribution in [0.15, 0.2) is 77.7 Å². The summed E-state index contributed by atoms with van der Waals surface area (Å²) in [6.07, 6.45) is -1.46. The highest BCUT2D eigenvalue weighted by atomic mass is 32.2. The molecule has 150 valence electrons. The summed E-state index contributed by atoms with van der Waals surface area (Å²) < 4.78 is 67.1. The summed E-state index contributed by atoms with van der Waals surface area (Å²) in [7, 11) is -3.95. The lowest BCUT2D eigenvalue weighted by atomic mass is 10.1. The molecule has 0 saturated carbocycles. The van der Waals surface area contributed by atoms with E-state index in [0.29, 0.717) is 0 Å². The van der Waals surface area contributed by atoms with Crippen LogP contribution in [-0.2, 0) is 16.2 Å². The second-order valence-electron chi connectivity index (χ2n) is 6.46. The molecule has 0 fully saturated rings. The van der Waals surface area contributed by atoms with Gasteiger partial charge in [0.25, 0.3) is 10.0 Å². The molecule has 0 atom stereocenters. The standard InChI is InChI=1S/C22H18F3NO2S/c1-16-7-12-20(13-8-16)29(27,28)26-21-14-11-19(22(23,24)25)15-18(21)10-9-17-5-3-2-4-6-17/h2-15,26H,1H3/b10-9+. The van der Waals surface area contributed by atoms with E-state index in [0.717, 1.165) is 29.3 Å². The molecule has 0 aliphatic heterocycles. The van der Waals surface area contributed by atoms with Gasteiger partial charge in [0.15, 0.2) is 0 Å². The van der Waals surface area contributed by atoms with Crippen LogP contribution in [0.4, 0.5) is 18.9 Å². The van der Waals surface area contributed by atoms with Crippen molar-refractivity contribution in [2.45, 2.75) is 18.0 Å². The quantitative estimate of drug-likeness (QED) is 0.519. The molecule has 3 aromatic rings. The fourth-order valence-electron chi connectivity index (χ4n) is 2.64. The second-order valence-corrected chi connectivity index (χ2v) is 8.14. The molecule has 0 bridgehead atoms. The third-order valence-corrected chi connectivity index (χ3v) is 5.59. The van der Waals surface area contributed by atoms with Crippen LogP contribution in [-0.4, -0.2) is 8.42 Å². The zero-order valence-electron chi connectivity index (χ0n) is 15.4. The number of sulfonamides is 1. The number of rotatable bonds is 5. The van der Waals surface area contributed by atoms with E-state index in [-0.39, 0.29) is 16.1 Å². The van der Waals surface area contributed by atoms with E-state index in [1.807, 2.05) is 13.0 Å². The highest BCUT2D eigenvalue weighted by molar-refractivity contribution is 7.92. The molecule has 0 aliphatic rings. The normalized spacial score (nSPS) is 12.3. The van der Waals surface area contributed by atoms with Gasteiger partial charge in [0.05, 0.1) is 16.1 Å². The zero-order chi connectivity index (χ0) is 21.1.